The number of ether oxygens (including phenoxy) is 3. The molecule has 2 aliphatic rings. The Labute approximate surface area is 207 Å². The number of rotatable bonds is 7. The number of hydrogen-bond donors (Lipinski definition) is 0. The Bertz CT molecular complexity index is 1040. The fraction of sp³-hybridized carbons (Fsp3) is 0.481. The van der Waals surface area contributed by atoms with Gasteiger partial charge in [-0.2, -0.15) is 0 Å². The monoisotopic (exact) mass is 481 g/mol. The Morgan fingerprint density at radius 1 is 0.971 bits per heavy atom. The minimum absolute atomic E-state index is 0.00234. The molecule has 0 aliphatic carbocycles. The molecule has 2 aliphatic heterocycles. The van der Waals surface area contributed by atoms with Crippen molar-refractivity contribution in [3.63, 3.8) is 0 Å². The number of benzene rings is 2. The molecule has 2 unspecified atom stereocenters. The minimum Gasteiger partial charge on any atom is -0.497 e. The van der Waals surface area contributed by atoms with Crippen molar-refractivity contribution < 1.29 is 23.8 Å². The second-order valence-corrected chi connectivity index (χ2v) is 9.16. The smallest absolute Gasteiger partial charge is 0.337 e. The van der Waals surface area contributed by atoms with Crippen LogP contribution >= 0.6 is 0 Å². The summed E-state index contributed by atoms with van der Waals surface area (Å²) in [7, 11) is 4.70. The SMILES string of the molecule is COC(=O)c1ccc(N2CCN(CC(=O)N3CCCC3c3cc(OC)ccc3OC)C(C)C2)cc1. The Hall–Kier alpha value is -3.26. The molecular formula is C27H35N3O5. The first-order chi connectivity index (χ1) is 16.9. The molecule has 35 heavy (non-hydrogen) atoms. The van der Waals surface area contributed by atoms with E-state index in [-0.39, 0.29) is 24.0 Å². The molecule has 2 atom stereocenters. The number of carbonyl (C=O) groups excluding carboxylic acids is 2. The second-order valence-electron chi connectivity index (χ2n) is 9.16. The lowest BCUT2D eigenvalue weighted by Crippen LogP contribution is -2.54. The first-order valence-electron chi connectivity index (χ1n) is 12.1. The Kier molecular flexibility index (Phi) is 7.80. The van der Waals surface area contributed by atoms with Crippen molar-refractivity contribution in [1.29, 1.82) is 0 Å². The summed E-state index contributed by atoms with van der Waals surface area (Å²) in [4.78, 5) is 31.7. The number of amides is 1. The number of methoxy groups -OCH3 is 3. The third-order valence-corrected chi connectivity index (χ3v) is 7.13. The Morgan fingerprint density at radius 2 is 1.74 bits per heavy atom. The van der Waals surface area contributed by atoms with Gasteiger partial charge in [0.25, 0.3) is 0 Å². The zero-order valence-electron chi connectivity index (χ0n) is 21.0. The molecule has 0 N–H and O–H groups in total. The van der Waals surface area contributed by atoms with E-state index in [1.807, 2.05) is 35.2 Å². The van der Waals surface area contributed by atoms with Crippen LogP contribution in [0.4, 0.5) is 5.69 Å². The predicted molar refractivity (Wildman–Crippen MR) is 134 cm³/mol. The van der Waals surface area contributed by atoms with Crippen molar-refractivity contribution in [1.82, 2.24) is 9.80 Å². The van der Waals surface area contributed by atoms with Gasteiger partial charge in [0.05, 0.1) is 39.5 Å². The Morgan fingerprint density at radius 3 is 2.40 bits per heavy atom. The topological polar surface area (TPSA) is 71.6 Å². The lowest BCUT2D eigenvalue weighted by Gasteiger charge is -2.41. The highest BCUT2D eigenvalue weighted by atomic mass is 16.5. The summed E-state index contributed by atoms with van der Waals surface area (Å²) in [5.74, 6) is 1.38. The normalized spacial score (nSPS) is 20.6. The van der Waals surface area contributed by atoms with Crippen LogP contribution in [0.15, 0.2) is 42.5 Å². The minimum atomic E-state index is -0.333. The maximum atomic E-state index is 13.4. The van der Waals surface area contributed by atoms with Crippen LogP contribution in [0, 0.1) is 0 Å². The van der Waals surface area contributed by atoms with E-state index in [9.17, 15) is 9.59 Å². The number of esters is 1. The molecule has 0 aromatic heterocycles. The summed E-state index contributed by atoms with van der Waals surface area (Å²) in [5, 5.41) is 0. The number of piperazine rings is 1. The molecular weight excluding hydrogens is 446 g/mol. The molecule has 0 bridgehead atoms. The Balaban J connectivity index is 1.39. The summed E-state index contributed by atoms with van der Waals surface area (Å²) in [5.41, 5.74) is 2.62. The van der Waals surface area contributed by atoms with Gasteiger partial charge in [-0.05, 0) is 62.2 Å². The molecule has 188 valence electrons. The first-order valence-corrected chi connectivity index (χ1v) is 12.1. The van der Waals surface area contributed by atoms with Gasteiger partial charge in [-0.1, -0.05) is 0 Å². The van der Waals surface area contributed by atoms with Crippen LogP contribution in [0.5, 0.6) is 11.5 Å². The zero-order valence-corrected chi connectivity index (χ0v) is 21.0. The second kappa shape index (κ2) is 11.0. The van der Waals surface area contributed by atoms with Crippen molar-refractivity contribution in [2.24, 2.45) is 0 Å². The molecule has 0 radical (unpaired) electrons. The molecule has 2 heterocycles. The van der Waals surface area contributed by atoms with Crippen LogP contribution in [0.2, 0.25) is 0 Å². The molecule has 2 saturated heterocycles. The van der Waals surface area contributed by atoms with Gasteiger partial charge in [-0.25, -0.2) is 4.79 Å². The van der Waals surface area contributed by atoms with Gasteiger partial charge in [0, 0.05) is 43.5 Å². The van der Waals surface area contributed by atoms with Crippen molar-refractivity contribution in [3.8, 4) is 11.5 Å². The third kappa shape index (κ3) is 5.37. The van der Waals surface area contributed by atoms with Crippen molar-refractivity contribution in [2.75, 3.05) is 59.0 Å². The molecule has 8 heteroatoms. The maximum Gasteiger partial charge on any atom is 0.337 e. The lowest BCUT2D eigenvalue weighted by molar-refractivity contribution is -0.134. The molecule has 8 nitrogen and oxygen atoms in total. The molecule has 2 aromatic rings. The summed E-state index contributed by atoms with van der Waals surface area (Å²) in [6, 6.07) is 13.5. The van der Waals surface area contributed by atoms with E-state index in [0.717, 1.165) is 61.8 Å². The van der Waals surface area contributed by atoms with Crippen molar-refractivity contribution in [3.05, 3.63) is 53.6 Å². The van der Waals surface area contributed by atoms with Crippen molar-refractivity contribution in [2.45, 2.75) is 31.8 Å². The van der Waals surface area contributed by atoms with Gasteiger partial charge < -0.3 is 24.0 Å². The average molecular weight is 482 g/mol. The van der Waals surface area contributed by atoms with Crippen LogP contribution in [0.3, 0.4) is 0 Å². The zero-order chi connectivity index (χ0) is 24.9. The molecule has 2 fully saturated rings. The van der Waals surface area contributed by atoms with Gasteiger partial charge in [0.1, 0.15) is 11.5 Å². The van der Waals surface area contributed by atoms with E-state index < -0.39 is 0 Å². The van der Waals surface area contributed by atoms with E-state index >= 15 is 0 Å². The molecule has 0 saturated carbocycles. The van der Waals surface area contributed by atoms with E-state index in [1.165, 1.54) is 7.11 Å². The number of carbonyl (C=O) groups is 2. The molecule has 0 spiro atoms. The summed E-state index contributed by atoms with van der Waals surface area (Å²) < 4.78 is 15.8. The predicted octanol–water partition coefficient (Wildman–Crippen LogP) is 3.36. The van der Waals surface area contributed by atoms with E-state index in [0.29, 0.717) is 12.1 Å². The standard InChI is InChI=1S/C27H35N3O5/c1-19-17-29(21-9-7-20(8-10-21)27(32)35-4)15-14-28(19)18-26(31)30-13-5-6-24(30)23-16-22(33-2)11-12-25(23)34-3/h7-12,16,19,24H,5-6,13-15,17-18H2,1-4H3. The highest BCUT2D eigenvalue weighted by molar-refractivity contribution is 5.89. The first kappa shape index (κ1) is 24.9. The van der Waals surface area contributed by atoms with Crippen LogP contribution in [0.1, 0.15) is 41.7 Å². The van der Waals surface area contributed by atoms with Gasteiger partial charge in [-0.3, -0.25) is 9.69 Å². The number of likely N-dealkylation sites (tertiary alicyclic amines) is 1. The quantitative estimate of drug-likeness (QED) is 0.562. The van der Waals surface area contributed by atoms with Crippen LogP contribution in [-0.2, 0) is 9.53 Å². The van der Waals surface area contributed by atoms with Gasteiger partial charge in [-0.15, -0.1) is 0 Å². The average Bonchev–Trinajstić information content (AvgIpc) is 3.39. The lowest BCUT2D eigenvalue weighted by atomic mass is 10.0. The summed E-state index contributed by atoms with van der Waals surface area (Å²) in [6.07, 6.45) is 1.89. The number of anilines is 1. The van der Waals surface area contributed by atoms with Crippen LogP contribution < -0.4 is 14.4 Å². The fourth-order valence-electron chi connectivity index (χ4n) is 5.14. The van der Waals surface area contributed by atoms with Crippen LogP contribution in [0.25, 0.3) is 0 Å². The van der Waals surface area contributed by atoms with Crippen LogP contribution in [-0.4, -0.2) is 81.8 Å². The van der Waals surface area contributed by atoms with E-state index in [2.05, 4.69) is 16.7 Å². The van der Waals surface area contributed by atoms with Gasteiger partial charge >= 0.3 is 5.97 Å². The largest absolute Gasteiger partial charge is 0.497 e. The highest BCUT2D eigenvalue weighted by Gasteiger charge is 2.34. The van der Waals surface area contributed by atoms with E-state index in [1.54, 1.807) is 26.4 Å². The summed E-state index contributed by atoms with van der Waals surface area (Å²) in [6.45, 7) is 5.76. The fourth-order valence-corrected chi connectivity index (χ4v) is 5.14. The van der Waals surface area contributed by atoms with Crippen molar-refractivity contribution >= 4 is 17.6 Å². The molecule has 1 amide bonds. The number of hydrogen-bond acceptors (Lipinski definition) is 7. The number of nitrogens with zero attached hydrogens (tertiary/aromatic N) is 3. The van der Waals surface area contributed by atoms with Gasteiger partial charge in [0.15, 0.2) is 0 Å². The third-order valence-electron chi connectivity index (χ3n) is 7.13. The van der Waals surface area contributed by atoms with E-state index in [4.69, 9.17) is 14.2 Å². The summed E-state index contributed by atoms with van der Waals surface area (Å²) >= 11 is 0. The molecule has 4 rings (SSSR count). The van der Waals surface area contributed by atoms with Gasteiger partial charge in [0.2, 0.25) is 5.91 Å². The highest BCUT2D eigenvalue weighted by Crippen LogP contribution is 2.39. The maximum absolute atomic E-state index is 13.4. The molecule has 2 aromatic carbocycles.